The Morgan fingerprint density at radius 1 is 1.12 bits per heavy atom. The van der Waals surface area contributed by atoms with E-state index >= 15 is 0 Å². The average molecular weight is 321 g/mol. The maximum absolute atomic E-state index is 11.9. The van der Waals surface area contributed by atoms with Crippen molar-refractivity contribution < 1.29 is 9.53 Å². The van der Waals surface area contributed by atoms with Gasteiger partial charge in [-0.05, 0) is 43.7 Å². The number of carbonyl (C=O) groups excluding carboxylic acids is 1. The number of hydrogen-bond acceptors (Lipinski definition) is 3. The normalized spacial score (nSPS) is 11.8. The second kappa shape index (κ2) is 7.00. The first-order valence-electron chi connectivity index (χ1n) is 7.77. The van der Waals surface area contributed by atoms with E-state index in [4.69, 9.17) is 4.74 Å². The van der Waals surface area contributed by atoms with Crippen molar-refractivity contribution in [1.82, 2.24) is 9.55 Å². The summed E-state index contributed by atoms with van der Waals surface area (Å²) in [6.45, 7) is 4.09. The maximum Gasteiger partial charge on any atom is 0.417 e. The summed E-state index contributed by atoms with van der Waals surface area (Å²) in [5.74, 6) is 1.48. The second-order valence-electron chi connectivity index (χ2n) is 5.51. The van der Waals surface area contributed by atoms with E-state index in [2.05, 4.69) is 21.8 Å². The number of anilines is 1. The van der Waals surface area contributed by atoms with Gasteiger partial charge in [0.1, 0.15) is 11.6 Å². The van der Waals surface area contributed by atoms with Crippen molar-refractivity contribution in [2.24, 2.45) is 0 Å². The van der Waals surface area contributed by atoms with Gasteiger partial charge in [0, 0.05) is 18.1 Å². The molecule has 1 N–H and O–H groups in total. The molecular weight excluding hydrogens is 302 g/mol. The fraction of sp³-hybridized carbons (Fsp3) is 0.158. The zero-order valence-corrected chi connectivity index (χ0v) is 13.6. The van der Waals surface area contributed by atoms with E-state index in [0.717, 1.165) is 11.4 Å². The number of hydrogen-bond donors (Lipinski definition) is 1. The van der Waals surface area contributed by atoms with Crippen LogP contribution in [0.5, 0.6) is 5.75 Å². The smallest absolute Gasteiger partial charge is 0.410 e. The molecule has 0 fully saturated rings. The Labute approximate surface area is 140 Å². The lowest BCUT2D eigenvalue weighted by molar-refractivity contribution is 0.215. The van der Waals surface area contributed by atoms with Crippen LogP contribution in [-0.4, -0.2) is 15.6 Å². The maximum atomic E-state index is 11.9. The molecule has 1 heterocycles. The lowest BCUT2D eigenvalue weighted by atomic mass is 10.1. The van der Waals surface area contributed by atoms with Gasteiger partial charge < -0.3 is 9.30 Å². The lowest BCUT2D eigenvalue weighted by Gasteiger charge is -2.16. The number of benzene rings is 2. The summed E-state index contributed by atoms with van der Waals surface area (Å²) < 4.78 is 7.31. The van der Waals surface area contributed by atoms with Gasteiger partial charge in [-0.1, -0.05) is 30.3 Å². The monoisotopic (exact) mass is 321 g/mol. The van der Waals surface area contributed by atoms with Gasteiger partial charge in [0.25, 0.3) is 0 Å². The number of aromatic nitrogens is 2. The fourth-order valence-electron chi connectivity index (χ4n) is 2.54. The molecule has 3 rings (SSSR count). The van der Waals surface area contributed by atoms with Crippen LogP contribution in [0.2, 0.25) is 0 Å². The van der Waals surface area contributed by atoms with Gasteiger partial charge in [-0.25, -0.2) is 9.78 Å². The van der Waals surface area contributed by atoms with E-state index in [0.29, 0.717) is 11.4 Å². The fourth-order valence-corrected chi connectivity index (χ4v) is 2.54. The van der Waals surface area contributed by atoms with Crippen LogP contribution in [0, 0.1) is 6.92 Å². The lowest BCUT2D eigenvalue weighted by Crippen LogP contribution is -2.16. The summed E-state index contributed by atoms with van der Waals surface area (Å²) in [5.41, 5.74) is 1.83. The number of carbonyl (C=O) groups is 1. The van der Waals surface area contributed by atoms with Gasteiger partial charge in [-0.15, -0.1) is 0 Å². The second-order valence-corrected chi connectivity index (χ2v) is 5.51. The Balaban J connectivity index is 1.64. The molecule has 3 aromatic rings. The molecular formula is C19H19N3O2. The Morgan fingerprint density at radius 3 is 2.46 bits per heavy atom. The number of nitrogens with one attached hydrogen (secondary N) is 1. The minimum absolute atomic E-state index is 0.179. The molecule has 1 atom stereocenters. The third kappa shape index (κ3) is 3.63. The van der Waals surface area contributed by atoms with Gasteiger partial charge in [-0.2, -0.15) is 0 Å². The molecule has 2 aromatic carbocycles. The number of aryl methyl sites for hydroxylation is 1. The molecule has 0 spiro atoms. The van der Waals surface area contributed by atoms with E-state index in [9.17, 15) is 4.79 Å². The molecule has 0 saturated heterocycles. The number of nitrogens with zero attached hydrogens (tertiary/aromatic N) is 2. The van der Waals surface area contributed by atoms with Crippen molar-refractivity contribution >= 4 is 11.8 Å². The van der Waals surface area contributed by atoms with Crippen LogP contribution in [0.4, 0.5) is 10.5 Å². The van der Waals surface area contributed by atoms with Crippen molar-refractivity contribution in [2.45, 2.75) is 19.9 Å². The van der Waals surface area contributed by atoms with Crippen molar-refractivity contribution in [1.29, 1.82) is 0 Å². The number of para-hydroxylation sites is 1. The van der Waals surface area contributed by atoms with Crippen molar-refractivity contribution in [3.05, 3.63) is 78.4 Å². The quantitative estimate of drug-likeness (QED) is 0.774. The van der Waals surface area contributed by atoms with Crippen LogP contribution in [0.3, 0.4) is 0 Å². The highest BCUT2D eigenvalue weighted by Gasteiger charge is 2.10. The molecule has 0 unspecified atom stereocenters. The predicted molar refractivity (Wildman–Crippen MR) is 93.3 cm³/mol. The summed E-state index contributed by atoms with van der Waals surface area (Å²) in [4.78, 5) is 16.1. The van der Waals surface area contributed by atoms with Crippen LogP contribution in [0.1, 0.15) is 24.4 Å². The molecule has 0 aliphatic heterocycles. The van der Waals surface area contributed by atoms with Crippen LogP contribution >= 0.6 is 0 Å². The predicted octanol–water partition coefficient (Wildman–Crippen LogP) is 4.41. The van der Waals surface area contributed by atoms with Crippen molar-refractivity contribution in [3.8, 4) is 5.75 Å². The first kappa shape index (κ1) is 15.8. The standard InChI is InChI=1S/C19H19N3O2/c1-14(22-13-12-20-15(22)2)16-8-10-17(11-9-16)21-19(23)24-18-6-4-3-5-7-18/h3-14H,1-2H3,(H,21,23)/t14-/m0/s1. The first-order valence-corrected chi connectivity index (χ1v) is 7.77. The summed E-state index contributed by atoms with van der Waals surface area (Å²) in [7, 11) is 0. The number of ether oxygens (including phenoxy) is 1. The van der Waals surface area contributed by atoms with Crippen LogP contribution in [0.25, 0.3) is 0 Å². The number of rotatable bonds is 4. The summed E-state index contributed by atoms with van der Waals surface area (Å²) >= 11 is 0. The molecule has 0 aliphatic rings. The minimum atomic E-state index is -0.507. The van der Waals surface area contributed by atoms with E-state index in [-0.39, 0.29) is 6.04 Å². The molecule has 1 amide bonds. The van der Waals surface area contributed by atoms with Gasteiger partial charge in [0.15, 0.2) is 0 Å². The Hall–Kier alpha value is -3.08. The Morgan fingerprint density at radius 2 is 1.83 bits per heavy atom. The molecule has 0 aliphatic carbocycles. The molecule has 5 nitrogen and oxygen atoms in total. The summed E-state index contributed by atoms with van der Waals surface area (Å²) in [5, 5.41) is 2.72. The summed E-state index contributed by atoms with van der Waals surface area (Å²) in [6.07, 6.45) is 3.25. The Bertz CT molecular complexity index is 810. The highest BCUT2D eigenvalue weighted by molar-refractivity contribution is 5.86. The zero-order chi connectivity index (χ0) is 16.9. The topological polar surface area (TPSA) is 56.2 Å². The highest BCUT2D eigenvalue weighted by atomic mass is 16.6. The van der Waals surface area contributed by atoms with Gasteiger partial charge in [-0.3, -0.25) is 5.32 Å². The van der Waals surface area contributed by atoms with E-state index in [1.165, 1.54) is 0 Å². The van der Waals surface area contributed by atoms with Crippen LogP contribution < -0.4 is 10.1 Å². The SMILES string of the molecule is Cc1nccn1[C@@H](C)c1ccc(NC(=O)Oc2ccccc2)cc1. The van der Waals surface area contributed by atoms with E-state index in [1.807, 2.05) is 55.6 Å². The molecule has 5 heteroatoms. The molecule has 0 saturated carbocycles. The molecule has 122 valence electrons. The molecule has 0 bridgehead atoms. The van der Waals surface area contributed by atoms with Crippen LogP contribution in [-0.2, 0) is 0 Å². The third-order valence-electron chi connectivity index (χ3n) is 3.87. The minimum Gasteiger partial charge on any atom is -0.410 e. The Kier molecular flexibility index (Phi) is 4.61. The van der Waals surface area contributed by atoms with E-state index < -0.39 is 6.09 Å². The molecule has 1 aromatic heterocycles. The first-order chi connectivity index (χ1) is 11.6. The van der Waals surface area contributed by atoms with Crippen LogP contribution in [0.15, 0.2) is 67.0 Å². The molecule has 0 radical (unpaired) electrons. The molecule has 24 heavy (non-hydrogen) atoms. The number of amides is 1. The van der Waals surface area contributed by atoms with Crippen molar-refractivity contribution in [2.75, 3.05) is 5.32 Å². The van der Waals surface area contributed by atoms with E-state index in [1.54, 1.807) is 18.3 Å². The zero-order valence-electron chi connectivity index (χ0n) is 13.6. The van der Waals surface area contributed by atoms with Crippen molar-refractivity contribution in [3.63, 3.8) is 0 Å². The van der Waals surface area contributed by atoms with Gasteiger partial charge in [0.2, 0.25) is 0 Å². The van der Waals surface area contributed by atoms with Gasteiger partial charge >= 0.3 is 6.09 Å². The van der Waals surface area contributed by atoms with Gasteiger partial charge in [0.05, 0.1) is 6.04 Å². The largest absolute Gasteiger partial charge is 0.417 e. The third-order valence-corrected chi connectivity index (χ3v) is 3.87. The average Bonchev–Trinajstić information content (AvgIpc) is 3.02. The summed E-state index contributed by atoms with van der Waals surface area (Å²) in [6, 6.07) is 16.9. The highest BCUT2D eigenvalue weighted by Crippen LogP contribution is 2.21. The number of imidazole rings is 1.